The predicted octanol–water partition coefficient (Wildman–Crippen LogP) is 4.01. The van der Waals surface area contributed by atoms with Crippen LogP contribution in [0.25, 0.3) is 0 Å². The van der Waals surface area contributed by atoms with Crippen molar-refractivity contribution in [3.05, 3.63) is 114 Å². The average molecular weight is 481 g/mol. The number of hydrogen-bond acceptors (Lipinski definition) is 7. The summed E-state index contributed by atoms with van der Waals surface area (Å²) < 4.78 is 0. The molecule has 0 atom stereocenters. The van der Waals surface area contributed by atoms with Crippen molar-refractivity contribution in [3.63, 3.8) is 0 Å². The maximum absolute atomic E-state index is 13.5. The molecule has 3 aromatic carbocycles. The van der Waals surface area contributed by atoms with Crippen molar-refractivity contribution in [2.75, 3.05) is 0 Å². The van der Waals surface area contributed by atoms with Crippen molar-refractivity contribution in [1.29, 1.82) is 0 Å². The van der Waals surface area contributed by atoms with Crippen LogP contribution in [-0.2, 0) is 6.54 Å². The fourth-order valence-electron chi connectivity index (χ4n) is 3.60. The molecule has 0 bridgehead atoms. The molecule has 12 heteroatoms. The van der Waals surface area contributed by atoms with E-state index in [0.29, 0.717) is 15.6 Å². The molecule has 0 N–H and O–H groups in total. The summed E-state index contributed by atoms with van der Waals surface area (Å²) in [5.41, 5.74) is -1.93. The lowest BCUT2D eigenvalue weighted by Crippen LogP contribution is -2.49. The summed E-state index contributed by atoms with van der Waals surface area (Å²) in [6.45, 7) is -0.413. The van der Waals surface area contributed by atoms with Crippen molar-refractivity contribution in [3.8, 4) is 0 Å². The van der Waals surface area contributed by atoms with Gasteiger partial charge in [-0.3, -0.25) is 34.6 Å². The zero-order valence-corrected chi connectivity index (χ0v) is 17.8. The number of nitro benzene ring substituents is 2. The molecule has 1 aliphatic heterocycles. The number of hydrogen-bond donors (Lipinski definition) is 0. The van der Waals surface area contributed by atoms with Crippen molar-refractivity contribution in [1.82, 2.24) is 10.0 Å². The highest BCUT2D eigenvalue weighted by molar-refractivity contribution is 6.31. The molecule has 11 nitrogen and oxygen atoms in total. The Morgan fingerprint density at radius 2 is 1.47 bits per heavy atom. The van der Waals surface area contributed by atoms with Gasteiger partial charge >= 0.3 is 0 Å². The fourth-order valence-corrected chi connectivity index (χ4v) is 3.80. The first-order valence-corrected chi connectivity index (χ1v) is 10.0. The maximum Gasteiger partial charge on any atom is 0.287 e. The SMILES string of the molecule is O=C(c1ccccc1[N+](=O)[O-])N(Cc1ccccc1Cl)N1C(=O)c2cccc([N+](=O)[O-])c2C1=O. The van der Waals surface area contributed by atoms with Gasteiger partial charge in [-0.1, -0.05) is 48.0 Å². The van der Waals surface area contributed by atoms with Crippen molar-refractivity contribution in [2.24, 2.45) is 0 Å². The molecule has 34 heavy (non-hydrogen) atoms. The minimum absolute atomic E-state index is 0.213. The number of carbonyl (C=O) groups is 3. The van der Waals surface area contributed by atoms with Crippen LogP contribution in [0, 0.1) is 20.2 Å². The number of rotatable bonds is 6. The third-order valence-corrected chi connectivity index (χ3v) is 5.52. The van der Waals surface area contributed by atoms with E-state index in [1.807, 2.05) is 0 Å². The summed E-state index contributed by atoms with van der Waals surface area (Å²) in [7, 11) is 0. The van der Waals surface area contributed by atoms with Gasteiger partial charge in [0.15, 0.2) is 0 Å². The van der Waals surface area contributed by atoms with Gasteiger partial charge in [0.2, 0.25) is 0 Å². The van der Waals surface area contributed by atoms with Crippen molar-refractivity contribution < 1.29 is 24.2 Å². The van der Waals surface area contributed by atoms with Gasteiger partial charge in [0.05, 0.1) is 22.0 Å². The van der Waals surface area contributed by atoms with Crippen LogP contribution >= 0.6 is 11.6 Å². The smallest absolute Gasteiger partial charge is 0.267 e. The highest BCUT2D eigenvalue weighted by Crippen LogP contribution is 2.34. The number of halogens is 1. The molecule has 0 saturated carbocycles. The summed E-state index contributed by atoms with van der Waals surface area (Å²) in [5.74, 6) is -3.13. The van der Waals surface area contributed by atoms with Gasteiger partial charge < -0.3 is 0 Å². The lowest BCUT2D eigenvalue weighted by atomic mass is 10.1. The zero-order chi connectivity index (χ0) is 24.6. The van der Waals surface area contributed by atoms with Gasteiger partial charge in [0.1, 0.15) is 11.1 Å². The van der Waals surface area contributed by atoms with Crippen LogP contribution in [0.1, 0.15) is 36.6 Å². The molecule has 0 aliphatic carbocycles. The molecule has 1 aliphatic rings. The van der Waals surface area contributed by atoms with Crippen LogP contribution in [0.3, 0.4) is 0 Å². The Morgan fingerprint density at radius 3 is 2.15 bits per heavy atom. The second-order valence-corrected chi connectivity index (χ2v) is 7.51. The van der Waals surface area contributed by atoms with Gasteiger partial charge in [-0.15, -0.1) is 0 Å². The largest absolute Gasteiger partial charge is 0.287 e. The van der Waals surface area contributed by atoms with Crippen molar-refractivity contribution >= 4 is 40.7 Å². The first-order valence-electron chi connectivity index (χ1n) is 9.67. The molecule has 3 amide bonds. The molecule has 0 spiro atoms. The highest BCUT2D eigenvalue weighted by Gasteiger charge is 2.46. The number of nitro groups is 2. The van der Waals surface area contributed by atoms with Crippen LogP contribution < -0.4 is 0 Å². The Morgan fingerprint density at radius 1 is 0.853 bits per heavy atom. The van der Waals surface area contributed by atoms with Crippen molar-refractivity contribution in [2.45, 2.75) is 6.54 Å². The molecule has 170 valence electrons. The molecular weight excluding hydrogens is 468 g/mol. The zero-order valence-electron chi connectivity index (χ0n) is 17.1. The number of benzene rings is 3. The van der Waals surface area contributed by atoms with E-state index >= 15 is 0 Å². The fraction of sp³-hybridized carbons (Fsp3) is 0.0455. The van der Waals surface area contributed by atoms with Gasteiger partial charge in [-0.2, -0.15) is 5.01 Å². The van der Waals surface area contributed by atoms with E-state index in [2.05, 4.69) is 0 Å². The molecule has 3 aromatic rings. The van der Waals surface area contributed by atoms with Gasteiger partial charge in [0.25, 0.3) is 29.1 Å². The number of fused-ring (bicyclic) bond motifs is 1. The Bertz CT molecular complexity index is 1390. The molecule has 4 rings (SSSR count). The van der Waals surface area contributed by atoms with E-state index in [1.54, 1.807) is 18.2 Å². The third-order valence-electron chi connectivity index (χ3n) is 5.15. The predicted molar refractivity (Wildman–Crippen MR) is 118 cm³/mol. The molecule has 0 fully saturated rings. The number of nitrogens with zero attached hydrogens (tertiary/aromatic N) is 4. The Kier molecular flexibility index (Phi) is 5.78. The molecule has 0 unspecified atom stereocenters. The summed E-state index contributed by atoms with van der Waals surface area (Å²) >= 11 is 6.21. The number of hydrazine groups is 1. The minimum atomic E-state index is -1.11. The third kappa shape index (κ3) is 3.73. The Labute approximate surface area is 196 Å². The second kappa shape index (κ2) is 8.71. The molecular formula is C22H13ClN4O7. The lowest BCUT2D eigenvalue weighted by Gasteiger charge is -2.30. The molecule has 0 saturated heterocycles. The summed E-state index contributed by atoms with van der Waals surface area (Å²) in [6.07, 6.45) is 0. The van der Waals surface area contributed by atoms with E-state index < -0.39 is 51.1 Å². The Hall–Kier alpha value is -4.64. The minimum Gasteiger partial charge on any atom is -0.267 e. The number of para-hydroxylation sites is 1. The Balaban J connectivity index is 1.87. The molecule has 0 aromatic heterocycles. The van der Waals surface area contributed by atoms with E-state index in [0.717, 1.165) is 12.1 Å². The second-order valence-electron chi connectivity index (χ2n) is 7.11. The van der Waals surface area contributed by atoms with E-state index in [1.165, 1.54) is 36.4 Å². The van der Waals surface area contributed by atoms with Crippen LogP contribution in [0.4, 0.5) is 11.4 Å². The van der Waals surface area contributed by atoms with Gasteiger partial charge in [-0.05, 0) is 23.8 Å². The average Bonchev–Trinajstić information content (AvgIpc) is 3.08. The van der Waals surface area contributed by atoms with Crippen LogP contribution in [0.15, 0.2) is 66.7 Å². The van der Waals surface area contributed by atoms with Crippen LogP contribution in [-0.4, -0.2) is 37.6 Å². The monoisotopic (exact) mass is 480 g/mol. The van der Waals surface area contributed by atoms with E-state index in [-0.39, 0.29) is 16.1 Å². The van der Waals surface area contributed by atoms with Gasteiger partial charge in [-0.25, -0.2) is 5.01 Å². The number of amides is 3. The topological polar surface area (TPSA) is 144 Å². The first kappa shape index (κ1) is 22.6. The van der Waals surface area contributed by atoms with Crippen LogP contribution in [0.5, 0.6) is 0 Å². The number of imide groups is 1. The summed E-state index contributed by atoms with van der Waals surface area (Å²) in [5, 5.41) is 24.3. The standard InChI is InChI=1S/C22H13ClN4O7/c23-16-9-3-1-6-13(16)12-24(20(28)14-7-2-4-10-17(14)26(31)32)25-21(29)15-8-5-11-18(27(33)34)19(15)22(25)30/h1-11H,12H2. The first-order chi connectivity index (χ1) is 16.2. The molecule has 0 radical (unpaired) electrons. The molecule has 1 heterocycles. The van der Waals surface area contributed by atoms with Crippen LogP contribution in [0.2, 0.25) is 5.02 Å². The normalized spacial score (nSPS) is 12.4. The van der Waals surface area contributed by atoms with Gasteiger partial charge in [0, 0.05) is 17.2 Å². The van der Waals surface area contributed by atoms with E-state index in [4.69, 9.17) is 11.6 Å². The quantitative estimate of drug-likeness (QED) is 0.294. The summed E-state index contributed by atoms with van der Waals surface area (Å²) in [4.78, 5) is 61.3. The maximum atomic E-state index is 13.5. The number of carbonyl (C=O) groups excluding carboxylic acids is 3. The van der Waals surface area contributed by atoms with E-state index in [9.17, 15) is 34.6 Å². The lowest BCUT2D eigenvalue weighted by molar-refractivity contribution is -0.385. The summed E-state index contributed by atoms with van der Waals surface area (Å²) in [6, 6.07) is 14.9. The highest BCUT2D eigenvalue weighted by atomic mass is 35.5.